The zero-order valence-corrected chi connectivity index (χ0v) is 19.6. The highest BCUT2D eigenvalue weighted by Crippen LogP contribution is 2.41. The molecule has 1 saturated carbocycles. The standard InChI is InChI=1S/C20H36N2O6S/c1-14-12-16(13-22(14,17(23)24)18(25)28-19(2,3)4)21(29(7,26)27)15-8-10-20(5,6)11-9-15/h14-16H,8-13H2,1-7H3/p+1/t14?,16-,22?/m0/s1. The van der Waals surface area contributed by atoms with Gasteiger partial charge >= 0.3 is 12.2 Å². The Bertz CT molecular complexity index is 747. The number of nitrogens with zero attached hydrogens (tertiary/aromatic N) is 2. The molecular formula is C20H37N2O6S+. The fourth-order valence-corrected chi connectivity index (χ4v) is 6.21. The first-order chi connectivity index (χ1) is 13.0. The van der Waals surface area contributed by atoms with E-state index >= 15 is 0 Å². The Balaban J connectivity index is 2.35. The summed E-state index contributed by atoms with van der Waals surface area (Å²) < 4.78 is 31.5. The minimum absolute atomic E-state index is 0.113. The van der Waals surface area contributed by atoms with E-state index in [4.69, 9.17) is 4.74 Å². The molecule has 2 amide bonds. The summed E-state index contributed by atoms with van der Waals surface area (Å²) >= 11 is 0. The highest BCUT2D eigenvalue weighted by atomic mass is 32.2. The van der Waals surface area contributed by atoms with Crippen LogP contribution in [0.25, 0.3) is 0 Å². The van der Waals surface area contributed by atoms with E-state index in [0.717, 1.165) is 25.7 Å². The second-order valence-corrected chi connectivity index (χ2v) is 12.4. The second-order valence-electron chi connectivity index (χ2n) is 10.5. The van der Waals surface area contributed by atoms with Gasteiger partial charge in [-0.25, -0.2) is 8.42 Å². The first-order valence-electron chi connectivity index (χ1n) is 10.3. The normalized spacial score (nSPS) is 31.0. The molecule has 0 aromatic rings. The molecule has 0 spiro atoms. The largest absolute Gasteiger partial charge is 0.527 e. The van der Waals surface area contributed by atoms with Crippen LogP contribution in [0.2, 0.25) is 0 Å². The van der Waals surface area contributed by atoms with Crippen LogP contribution in [-0.4, -0.2) is 71.0 Å². The molecule has 9 heteroatoms. The van der Waals surface area contributed by atoms with Crippen LogP contribution in [0.5, 0.6) is 0 Å². The molecule has 2 fully saturated rings. The van der Waals surface area contributed by atoms with Gasteiger partial charge in [-0.3, -0.25) is 0 Å². The van der Waals surface area contributed by atoms with Gasteiger partial charge in [0.05, 0.1) is 12.3 Å². The van der Waals surface area contributed by atoms with E-state index in [1.54, 1.807) is 27.7 Å². The lowest BCUT2D eigenvalue weighted by Gasteiger charge is -2.41. The van der Waals surface area contributed by atoms with Crippen molar-refractivity contribution in [2.24, 2.45) is 5.41 Å². The number of hydrogen-bond donors (Lipinski definition) is 1. The molecule has 29 heavy (non-hydrogen) atoms. The van der Waals surface area contributed by atoms with Gasteiger partial charge in [0.25, 0.3) is 0 Å². The van der Waals surface area contributed by atoms with Crippen LogP contribution < -0.4 is 0 Å². The van der Waals surface area contributed by atoms with Gasteiger partial charge in [-0.15, -0.1) is 4.48 Å². The zero-order valence-electron chi connectivity index (χ0n) is 18.8. The monoisotopic (exact) mass is 433 g/mol. The molecular weight excluding hydrogens is 396 g/mol. The number of amides is 2. The minimum atomic E-state index is -3.57. The van der Waals surface area contributed by atoms with Crippen LogP contribution in [0.3, 0.4) is 0 Å². The Morgan fingerprint density at radius 1 is 1.14 bits per heavy atom. The van der Waals surface area contributed by atoms with Crippen molar-refractivity contribution in [3.63, 3.8) is 0 Å². The third-order valence-electron chi connectivity index (χ3n) is 6.34. The molecule has 1 aliphatic heterocycles. The van der Waals surface area contributed by atoms with E-state index in [1.807, 2.05) is 0 Å². The molecule has 3 atom stereocenters. The van der Waals surface area contributed by atoms with Gasteiger partial charge in [0, 0.05) is 12.5 Å². The van der Waals surface area contributed by atoms with Crippen molar-refractivity contribution in [2.45, 2.75) is 97.4 Å². The Hall–Kier alpha value is -1.19. The number of likely N-dealkylation sites (tertiary alicyclic amines) is 1. The highest BCUT2D eigenvalue weighted by molar-refractivity contribution is 7.88. The molecule has 1 saturated heterocycles. The molecule has 0 aromatic carbocycles. The van der Waals surface area contributed by atoms with Gasteiger partial charge in [0.15, 0.2) is 0 Å². The smallest absolute Gasteiger partial charge is 0.435 e. The summed E-state index contributed by atoms with van der Waals surface area (Å²) in [6.07, 6.45) is 2.66. The number of carbonyl (C=O) groups excluding carboxylic acids is 1. The van der Waals surface area contributed by atoms with Gasteiger partial charge in [-0.2, -0.15) is 13.9 Å². The number of hydrogen-bond acceptors (Lipinski definition) is 5. The maximum absolute atomic E-state index is 12.9. The van der Waals surface area contributed by atoms with Crippen molar-refractivity contribution in [3.05, 3.63) is 0 Å². The fourth-order valence-electron chi connectivity index (χ4n) is 4.77. The van der Waals surface area contributed by atoms with Gasteiger partial charge in [-0.1, -0.05) is 13.8 Å². The molecule has 8 nitrogen and oxygen atoms in total. The lowest BCUT2D eigenvalue weighted by Crippen LogP contribution is -2.61. The topological polar surface area (TPSA) is 101 Å². The predicted octanol–water partition coefficient (Wildman–Crippen LogP) is 3.81. The third-order valence-corrected chi connectivity index (χ3v) is 7.70. The molecule has 0 aromatic heterocycles. The second kappa shape index (κ2) is 7.81. The van der Waals surface area contributed by atoms with E-state index in [0.29, 0.717) is 6.42 Å². The van der Waals surface area contributed by atoms with E-state index < -0.39 is 44.4 Å². The molecule has 1 aliphatic carbocycles. The van der Waals surface area contributed by atoms with Crippen molar-refractivity contribution in [1.82, 2.24) is 4.31 Å². The zero-order chi connectivity index (χ0) is 22.4. The number of rotatable bonds is 3. The predicted molar refractivity (Wildman–Crippen MR) is 110 cm³/mol. The van der Waals surface area contributed by atoms with Crippen LogP contribution in [0, 0.1) is 5.41 Å². The van der Waals surface area contributed by atoms with E-state index in [2.05, 4.69) is 13.8 Å². The van der Waals surface area contributed by atoms with Gasteiger partial charge in [-0.05, 0) is 58.8 Å². The maximum Gasteiger partial charge on any atom is 0.527 e. The van der Waals surface area contributed by atoms with Crippen LogP contribution in [-0.2, 0) is 14.8 Å². The van der Waals surface area contributed by atoms with Crippen LogP contribution in [0.15, 0.2) is 0 Å². The third kappa shape index (κ3) is 5.11. The van der Waals surface area contributed by atoms with E-state index in [9.17, 15) is 23.1 Å². The average Bonchev–Trinajstić information content (AvgIpc) is 2.84. The Labute approximate surface area is 174 Å². The SMILES string of the molecule is CC1C[C@H](N(C2CCC(C)(C)CC2)S(C)(=O)=O)C[N+]1(C(=O)O)C(=O)OC(C)(C)C. The average molecular weight is 434 g/mol. The van der Waals surface area contributed by atoms with Gasteiger partial charge in [0.2, 0.25) is 10.0 Å². The minimum Gasteiger partial charge on any atom is -0.435 e. The van der Waals surface area contributed by atoms with Gasteiger partial charge < -0.3 is 9.84 Å². The molecule has 0 radical (unpaired) electrons. The summed E-state index contributed by atoms with van der Waals surface area (Å²) in [5.41, 5.74) is -0.652. The molecule has 2 unspecified atom stereocenters. The van der Waals surface area contributed by atoms with Crippen molar-refractivity contribution in [1.29, 1.82) is 0 Å². The maximum atomic E-state index is 12.9. The molecule has 2 aliphatic rings. The van der Waals surface area contributed by atoms with E-state index in [-0.39, 0.29) is 18.0 Å². The van der Waals surface area contributed by atoms with Crippen molar-refractivity contribution < 1.29 is 32.3 Å². The number of carbonyl (C=O) groups is 2. The van der Waals surface area contributed by atoms with Crippen LogP contribution in [0.1, 0.15) is 73.6 Å². The Morgan fingerprint density at radius 3 is 2.07 bits per heavy atom. The quantitative estimate of drug-likeness (QED) is 0.679. The van der Waals surface area contributed by atoms with Crippen LogP contribution >= 0.6 is 0 Å². The number of quaternary nitrogens is 1. The molecule has 1 heterocycles. The van der Waals surface area contributed by atoms with Gasteiger partial charge in [0.1, 0.15) is 18.2 Å². The summed E-state index contributed by atoms with van der Waals surface area (Å²) in [4.78, 5) is 25.2. The lowest BCUT2D eigenvalue weighted by atomic mass is 9.75. The number of sulfonamides is 1. The molecule has 2 rings (SSSR count). The number of ether oxygens (including phenoxy) is 1. The lowest BCUT2D eigenvalue weighted by molar-refractivity contribution is -0.797. The summed E-state index contributed by atoms with van der Waals surface area (Å²) in [7, 11) is -3.57. The first-order valence-corrected chi connectivity index (χ1v) is 12.2. The Kier molecular flexibility index (Phi) is 6.49. The Morgan fingerprint density at radius 2 is 1.66 bits per heavy atom. The molecule has 0 bridgehead atoms. The summed E-state index contributed by atoms with van der Waals surface area (Å²) in [6, 6.07) is -1.30. The number of imide groups is 1. The highest BCUT2D eigenvalue weighted by Gasteiger charge is 2.61. The number of carboxylic acid groups (broad SMARTS) is 1. The van der Waals surface area contributed by atoms with E-state index in [1.165, 1.54) is 10.6 Å². The summed E-state index contributed by atoms with van der Waals surface area (Å²) in [5, 5.41) is 9.99. The first kappa shape index (κ1) is 24.1. The molecule has 168 valence electrons. The van der Waals surface area contributed by atoms with Crippen molar-refractivity contribution >= 4 is 22.2 Å². The van der Waals surface area contributed by atoms with Crippen LogP contribution in [0.4, 0.5) is 9.59 Å². The van der Waals surface area contributed by atoms with Crippen molar-refractivity contribution in [2.75, 3.05) is 12.8 Å². The summed E-state index contributed by atoms with van der Waals surface area (Å²) in [6.45, 7) is 11.0. The molecule has 1 N–H and O–H groups in total. The van der Waals surface area contributed by atoms with Crippen molar-refractivity contribution in [3.8, 4) is 0 Å². The fraction of sp³-hybridized carbons (Fsp3) is 0.900. The summed E-state index contributed by atoms with van der Waals surface area (Å²) in [5.74, 6) is 0.